The van der Waals surface area contributed by atoms with E-state index in [1.54, 1.807) is 0 Å². The van der Waals surface area contributed by atoms with Gasteiger partial charge in [-0.3, -0.25) is 4.79 Å². The molecule has 5 nitrogen and oxygen atoms in total. The largest absolute Gasteiger partial charge is 0.356 e. The first kappa shape index (κ1) is 12.8. The van der Waals surface area contributed by atoms with Crippen LogP contribution in [0.2, 0.25) is 0 Å². The second-order valence-electron chi connectivity index (χ2n) is 5.05. The molecule has 0 aliphatic heterocycles. The Morgan fingerprint density at radius 1 is 1.30 bits per heavy atom. The van der Waals surface area contributed by atoms with Crippen LogP contribution in [0.25, 0.3) is 11.4 Å². The smallest absolute Gasteiger partial charge is 0.227 e. The van der Waals surface area contributed by atoms with Gasteiger partial charge in [0.2, 0.25) is 17.6 Å². The Kier molecular flexibility index (Phi) is 3.76. The molecule has 0 unspecified atom stereocenters. The molecule has 2 aromatic rings. The Labute approximate surface area is 117 Å². The zero-order valence-electron chi connectivity index (χ0n) is 11.2. The lowest BCUT2D eigenvalue weighted by Crippen LogP contribution is -2.26. The van der Waals surface area contributed by atoms with Crippen molar-refractivity contribution in [1.29, 1.82) is 0 Å². The molecule has 1 aliphatic carbocycles. The first-order chi connectivity index (χ1) is 9.83. The minimum absolute atomic E-state index is 0.181. The van der Waals surface area contributed by atoms with Gasteiger partial charge in [0, 0.05) is 24.4 Å². The fourth-order valence-corrected chi connectivity index (χ4v) is 2.00. The van der Waals surface area contributed by atoms with Crippen LogP contribution in [0.5, 0.6) is 0 Å². The van der Waals surface area contributed by atoms with Gasteiger partial charge in [-0.15, -0.1) is 0 Å². The van der Waals surface area contributed by atoms with Crippen LogP contribution in [0.3, 0.4) is 0 Å². The summed E-state index contributed by atoms with van der Waals surface area (Å²) in [5.41, 5.74) is 0.949. The van der Waals surface area contributed by atoms with Gasteiger partial charge in [0.1, 0.15) is 0 Å². The lowest BCUT2D eigenvalue weighted by atomic mass is 10.2. The van der Waals surface area contributed by atoms with E-state index >= 15 is 0 Å². The average molecular weight is 271 g/mol. The van der Waals surface area contributed by atoms with E-state index in [4.69, 9.17) is 4.52 Å². The van der Waals surface area contributed by atoms with E-state index in [2.05, 4.69) is 15.5 Å². The highest BCUT2D eigenvalue weighted by atomic mass is 16.5. The number of hydrogen-bond donors (Lipinski definition) is 1. The van der Waals surface area contributed by atoms with Crippen molar-refractivity contribution in [3.05, 3.63) is 36.2 Å². The van der Waals surface area contributed by atoms with Gasteiger partial charge >= 0.3 is 0 Å². The molecule has 0 spiro atoms. The molecule has 1 fully saturated rings. The third-order valence-corrected chi connectivity index (χ3v) is 3.31. The highest BCUT2D eigenvalue weighted by Crippen LogP contribution is 2.28. The second kappa shape index (κ2) is 5.86. The van der Waals surface area contributed by atoms with Crippen LogP contribution in [0.1, 0.15) is 25.2 Å². The number of nitrogens with zero attached hydrogens (tertiary/aromatic N) is 2. The van der Waals surface area contributed by atoms with Crippen LogP contribution in [0.15, 0.2) is 34.9 Å². The molecule has 3 rings (SSSR count). The molecule has 0 saturated heterocycles. The topological polar surface area (TPSA) is 68.0 Å². The van der Waals surface area contributed by atoms with Crippen molar-refractivity contribution in [1.82, 2.24) is 15.5 Å². The standard InChI is InChI=1S/C15H17N3O2/c19-15(12-8-9-12)16-10-4-7-13-17-14(18-20-13)11-5-2-1-3-6-11/h1-3,5-6,12H,4,7-10H2,(H,16,19). The van der Waals surface area contributed by atoms with Gasteiger partial charge in [-0.05, 0) is 19.3 Å². The van der Waals surface area contributed by atoms with E-state index in [1.807, 2.05) is 30.3 Å². The number of rotatable bonds is 6. The molecular weight excluding hydrogens is 254 g/mol. The molecular formula is C15H17N3O2. The van der Waals surface area contributed by atoms with Gasteiger partial charge in [0.25, 0.3) is 0 Å². The molecule has 1 N–H and O–H groups in total. The summed E-state index contributed by atoms with van der Waals surface area (Å²) in [6.45, 7) is 0.665. The monoisotopic (exact) mass is 271 g/mol. The van der Waals surface area contributed by atoms with Gasteiger partial charge < -0.3 is 9.84 Å². The Bertz CT molecular complexity index is 576. The minimum atomic E-state index is 0.181. The summed E-state index contributed by atoms with van der Waals surface area (Å²) in [6.07, 6.45) is 3.57. The Balaban J connectivity index is 1.46. The van der Waals surface area contributed by atoms with Gasteiger partial charge in [-0.1, -0.05) is 35.5 Å². The molecule has 1 aromatic carbocycles. The van der Waals surface area contributed by atoms with Gasteiger partial charge in [-0.2, -0.15) is 4.98 Å². The Morgan fingerprint density at radius 2 is 2.10 bits per heavy atom. The van der Waals surface area contributed by atoms with E-state index in [0.717, 1.165) is 24.8 Å². The van der Waals surface area contributed by atoms with Crippen LogP contribution in [0, 0.1) is 5.92 Å². The lowest BCUT2D eigenvalue weighted by molar-refractivity contribution is -0.122. The predicted octanol–water partition coefficient (Wildman–Crippen LogP) is 2.20. The van der Waals surface area contributed by atoms with Crippen molar-refractivity contribution in [2.45, 2.75) is 25.7 Å². The molecule has 5 heteroatoms. The van der Waals surface area contributed by atoms with Crippen molar-refractivity contribution in [3.63, 3.8) is 0 Å². The molecule has 1 aliphatic rings. The molecule has 1 amide bonds. The quantitative estimate of drug-likeness (QED) is 0.818. The predicted molar refractivity (Wildman–Crippen MR) is 73.8 cm³/mol. The third kappa shape index (κ3) is 3.23. The minimum Gasteiger partial charge on any atom is -0.356 e. The molecule has 0 atom stereocenters. The van der Waals surface area contributed by atoms with Crippen LogP contribution >= 0.6 is 0 Å². The van der Waals surface area contributed by atoms with Crippen molar-refractivity contribution in [2.75, 3.05) is 6.54 Å². The Morgan fingerprint density at radius 3 is 2.85 bits per heavy atom. The molecule has 1 heterocycles. The first-order valence-corrected chi connectivity index (χ1v) is 6.98. The molecule has 1 aromatic heterocycles. The summed E-state index contributed by atoms with van der Waals surface area (Å²) in [5.74, 6) is 1.68. The SMILES string of the molecule is O=C(NCCCc1nc(-c2ccccc2)no1)C1CC1. The maximum atomic E-state index is 11.4. The highest BCUT2D eigenvalue weighted by Gasteiger charge is 2.28. The second-order valence-corrected chi connectivity index (χ2v) is 5.05. The number of aromatic nitrogens is 2. The summed E-state index contributed by atoms with van der Waals surface area (Å²) in [7, 11) is 0. The summed E-state index contributed by atoms with van der Waals surface area (Å²) in [4.78, 5) is 15.8. The fourth-order valence-electron chi connectivity index (χ4n) is 2.00. The van der Waals surface area contributed by atoms with Crippen molar-refractivity contribution >= 4 is 5.91 Å². The van der Waals surface area contributed by atoms with Crippen molar-refractivity contribution in [3.8, 4) is 11.4 Å². The van der Waals surface area contributed by atoms with Crippen molar-refractivity contribution < 1.29 is 9.32 Å². The van der Waals surface area contributed by atoms with Gasteiger partial charge in [0.15, 0.2) is 0 Å². The molecule has 20 heavy (non-hydrogen) atoms. The highest BCUT2D eigenvalue weighted by molar-refractivity contribution is 5.80. The van der Waals surface area contributed by atoms with Crippen LogP contribution < -0.4 is 5.32 Å². The molecule has 0 bridgehead atoms. The molecule has 0 radical (unpaired) electrons. The number of benzene rings is 1. The van der Waals surface area contributed by atoms with E-state index in [9.17, 15) is 4.79 Å². The molecule has 104 valence electrons. The number of aryl methyl sites for hydroxylation is 1. The first-order valence-electron chi connectivity index (χ1n) is 6.98. The third-order valence-electron chi connectivity index (χ3n) is 3.31. The van der Waals surface area contributed by atoms with Gasteiger partial charge in [0.05, 0.1) is 0 Å². The Hall–Kier alpha value is -2.17. The number of hydrogen-bond acceptors (Lipinski definition) is 4. The zero-order chi connectivity index (χ0) is 13.8. The fraction of sp³-hybridized carbons (Fsp3) is 0.400. The van der Waals surface area contributed by atoms with Crippen LogP contribution in [-0.4, -0.2) is 22.6 Å². The van der Waals surface area contributed by atoms with Crippen molar-refractivity contribution in [2.24, 2.45) is 5.92 Å². The summed E-state index contributed by atoms with van der Waals surface area (Å²) in [5, 5.41) is 6.89. The zero-order valence-corrected chi connectivity index (χ0v) is 11.2. The maximum Gasteiger partial charge on any atom is 0.227 e. The molecule has 1 saturated carbocycles. The lowest BCUT2D eigenvalue weighted by Gasteiger charge is -2.01. The van der Waals surface area contributed by atoms with E-state index < -0.39 is 0 Å². The average Bonchev–Trinajstić information content (AvgIpc) is 3.23. The van der Waals surface area contributed by atoms with E-state index in [1.165, 1.54) is 0 Å². The van der Waals surface area contributed by atoms with E-state index in [-0.39, 0.29) is 11.8 Å². The summed E-state index contributed by atoms with van der Waals surface area (Å²) < 4.78 is 5.21. The maximum absolute atomic E-state index is 11.4. The number of amides is 1. The number of carbonyl (C=O) groups excluding carboxylic acids is 1. The van der Waals surface area contributed by atoms with Crippen LogP contribution in [-0.2, 0) is 11.2 Å². The summed E-state index contributed by atoms with van der Waals surface area (Å²) in [6, 6.07) is 9.74. The number of carbonyl (C=O) groups is 1. The normalized spacial score (nSPS) is 14.2. The number of nitrogens with one attached hydrogen (secondary N) is 1. The summed E-state index contributed by atoms with van der Waals surface area (Å²) >= 11 is 0. The van der Waals surface area contributed by atoms with Crippen LogP contribution in [0.4, 0.5) is 0 Å². The van der Waals surface area contributed by atoms with E-state index in [0.29, 0.717) is 24.7 Å². The van der Waals surface area contributed by atoms with Gasteiger partial charge in [-0.25, -0.2) is 0 Å².